The molecule has 19 heavy (non-hydrogen) atoms. The number of pyridine rings is 1. The first-order valence-electron chi connectivity index (χ1n) is 5.50. The van der Waals surface area contributed by atoms with Crippen molar-refractivity contribution in [3.05, 3.63) is 46.8 Å². The Bertz CT molecular complexity index is 649. The van der Waals surface area contributed by atoms with E-state index in [1.165, 1.54) is 10.4 Å². The summed E-state index contributed by atoms with van der Waals surface area (Å²) in [7, 11) is 0. The van der Waals surface area contributed by atoms with Gasteiger partial charge in [-0.3, -0.25) is 0 Å². The van der Waals surface area contributed by atoms with Gasteiger partial charge >= 0.3 is 0 Å². The second-order valence-electron chi connectivity index (χ2n) is 3.86. The zero-order valence-electron chi connectivity index (χ0n) is 10.2. The number of nitrogens with one attached hydrogen (secondary N) is 1. The highest BCUT2D eigenvalue weighted by Gasteiger charge is 2.05. The van der Waals surface area contributed by atoms with Crippen LogP contribution in [0.2, 0.25) is 0 Å². The van der Waals surface area contributed by atoms with E-state index in [2.05, 4.69) is 32.1 Å². The lowest BCUT2D eigenvalue weighted by atomic mass is 10.3. The number of anilines is 2. The zero-order valence-corrected chi connectivity index (χ0v) is 13.5. The number of aryl methyl sites for hydroxylation is 1. The van der Waals surface area contributed by atoms with Gasteiger partial charge in [0.25, 0.3) is 0 Å². The van der Waals surface area contributed by atoms with Gasteiger partial charge < -0.3 is 5.32 Å². The summed E-state index contributed by atoms with van der Waals surface area (Å²) in [5.41, 5.74) is 2.20. The van der Waals surface area contributed by atoms with E-state index >= 15 is 0 Å². The third-order valence-electron chi connectivity index (χ3n) is 2.43. The lowest BCUT2D eigenvalue weighted by Gasteiger charge is -2.01. The average Bonchev–Trinajstić information content (AvgIpc) is 2.98. The van der Waals surface area contributed by atoms with Gasteiger partial charge in [0.1, 0.15) is 5.82 Å². The molecule has 6 heteroatoms. The fraction of sp³-hybridized carbons (Fsp3) is 0.0769. The van der Waals surface area contributed by atoms with Crippen molar-refractivity contribution in [2.24, 2.45) is 0 Å². The second-order valence-corrected chi connectivity index (χ2v) is 5.66. The molecule has 0 amide bonds. The molecule has 0 aliphatic heterocycles. The number of hydrogen-bond donors (Lipinski definition) is 1. The molecule has 0 atom stereocenters. The van der Waals surface area contributed by atoms with Crippen LogP contribution >= 0.6 is 39.7 Å². The van der Waals surface area contributed by atoms with Crippen LogP contribution in [0.3, 0.4) is 0 Å². The van der Waals surface area contributed by atoms with Crippen molar-refractivity contribution in [2.45, 2.75) is 6.92 Å². The van der Waals surface area contributed by atoms with Gasteiger partial charge in [-0.2, -0.15) is 0 Å². The monoisotopic (exact) mass is 353 g/mol. The molecule has 3 heterocycles. The van der Waals surface area contributed by atoms with E-state index in [9.17, 15) is 0 Å². The fourth-order valence-corrected chi connectivity index (χ4v) is 3.06. The minimum Gasteiger partial charge on any atom is -0.316 e. The molecule has 0 radical (unpaired) electrons. The lowest BCUT2D eigenvalue weighted by Crippen LogP contribution is -1.92. The van der Waals surface area contributed by atoms with Gasteiger partial charge in [0, 0.05) is 11.6 Å². The van der Waals surface area contributed by atoms with E-state index in [0.717, 1.165) is 16.6 Å². The van der Waals surface area contributed by atoms with Gasteiger partial charge in [0.05, 0.1) is 10.6 Å². The first kappa shape index (κ1) is 14.2. The number of aromatic nitrogens is 2. The predicted molar refractivity (Wildman–Crippen MR) is 88.0 cm³/mol. The van der Waals surface area contributed by atoms with Gasteiger partial charge in [-0.1, -0.05) is 6.07 Å². The van der Waals surface area contributed by atoms with Gasteiger partial charge in [0.2, 0.25) is 0 Å². The highest BCUT2D eigenvalue weighted by molar-refractivity contribution is 8.93. The largest absolute Gasteiger partial charge is 0.316 e. The van der Waals surface area contributed by atoms with Crippen LogP contribution in [0, 0.1) is 6.92 Å². The molecule has 0 aliphatic rings. The highest BCUT2D eigenvalue weighted by atomic mass is 79.9. The summed E-state index contributed by atoms with van der Waals surface area (Å²) in [5, 5.41) is 8.22. The van der Waals surface area contributed by atoms with Crippen LogP contribution in [-0.2, 0) is 0 Å². The van der Waals surface area contributed by atoms with Crippen molar-refractivity contribution in [1.29, 1.82) is 0 Å². The summed E-state index contributed by atoms with van der Waals surface area (Å²) in [4.78, 5) is 10.0. The Labute approximate surface area is 130 Å². The number of hydrogen-bond acceptors (Lipinski definition) is 5. The minimum absolute atomic E-state index is 0. The first-order valence-corrected chi connectivity index (χ1v) is 7.26. The molecule has 0 unspecified atom stereocenters. The molecule has 0 aromatic carbocycles. The molecule has 3 aromatic rings. The Kier molecular flexibility index (Phi) is 4.68. The van der Waals surface area contributed by atoms with E-state index in [-0.39, 0.29) is 17.0 Å². The van der Waals surface area contributed by atoms with E-state index in [0.29, 0.717) is 0 Å². The molecular formula is C13H12BrN3S2. The molecule has 98 valence electrons. The van der Waals surface area contributed by atoms with Crippen LogP contribution in [0.5, 0.6) is 0 Å². The molecule has 0 fully saturated rings. The van der Waals surface area contributed by atoms with Gasteiger partial charge in [-0.25, -0.2) is 9.97 Å². The number of thiophene rings is 1. The van der Waals surface area contributed by atoms with Crippen molar-refractivity contribution >= 4 is 50.6 Å². The summed E-state index contributed by atoms with van der Waals surface area (Å²) in [6.07, 6.45) is 1.80. The Morgan fingerprint density at radius 2 is 2.11 bits per heavy atom. The third-order valence-corrected chi connectivity index (χ3v) is 4.08. The molecule has 0 saturated heterocycles. The zero-order chi connectivity index (χ0) is 12.4. The fourth-order valence-electron chi connectivity index (χ4n) is 1.58. The molecule has 0 aliphatic carbocycles. The lowest BCUT2D eigenvalue weighted by molar-refractivity contribution is 1.26. The van der Waals surface area contributed by atoms with E-state index in [1.54, 1.807) is 28.9 Å². The summed E-state index contributed by atoms with van der Waals surface area (Å²) >= 11 is 3.29. The van der Waals surface area contributed by atoms with Gasteiger partial charge in [-0.05, 0) is 36.1 Å². The third kappa shape index (κ3) is 3.40. The normalized spacial score (nSPS) is 9.95. The Morgan fingerprint density at radius 3 is 2.84 bits per heavy atom. The van der Waals surface area contributed by atoms with Crippen molar-refractivity contribution in [3.8, 4) is 10.6 Å². The van der Waals surface area contributed by atoms with Crippen LogP contribution < -0.4 is 5.32 Å². The Morgan fingerprint density at radius 1 is 1.21 bits per heavy atom. The van der Waals surface area contributed by atoms with Crippen molar-refractivity contribution in [1.82, 2.24) is 9.97 Å². The van der Waals surface area contributed by atoms with Crippen LogP contribution in [0.1, 0.15) is 5.56 Å². The predicted octanol–water partition coefficient (Wildman–Crippen LogP) is 4.90. The van der Waals surface area contributed by atoms with Crippen LogP contribution in [0.15, 0.2) is 41.2 Å². The molecular weight excluding hydrogens is 342 g/mol. The maximum absolute atomic E-state index is 4.56. The average molecular weight is 354 g/mol. The summed E-state index contributed by atoms with van der Waals surface area (Å²) in [5.74, 6) is 0.835. The standard InChI is InChI=1S/C13H11N3S2.BrH/c1-9-4-5-14-12(7-9)16-13-15-10(8-18-13)11-3-2-6-17-11;/h2-8H,1H3,(H,14,15,16);1H. The van der Waals surface area contributed by atoms with Crippen molar-refractivity contribution in [3.63, 3.8) is 0 Å². The van der Waals surface area contributed by atoms with Crippen LogP contribution in [0.25, 0.3) is 10.6 Å². The quantitative estimate of drug-likeness (QED) is 0.727. The molecule has 3 nitrogen and oxygen atoms in total. The van der Waals surface area contributed by atoms with Crippen molar-refractivity contribution < 1.29 is 0 Å². The van der Waals surface area contributed by atoms with E-state index in [4.69, 9.17) is 0 Å². The Hall–Kier alpha value is -1.24. The SMILES string of the molecule is Br.Cc1ccnc(Nc2nc(-c3cccs3)cs2)c1. The molecule has 0 spiro atoms. The topological polar surface area (TPSA) is 37.8 Å². The Balaban J connectivity index is 0.00000133. The first-order chi connectivity index (χ1) is 8.81. The number of halogens is 1. The van der Waals surface area contributed by atoms with E-state index in [1.807, 2.05) is 25.1 Å². The second kappa shape index (κ2) is 6.27. The summed E-state index contributed by atoms with van der Waals surface area (Å²) in [6, 6.07) is 8.10. The smallest absolute Gasteiger partial charge is 0.188 e. The molecule has 1 N–H and O–H groups in total. The van der Waals surface area contributed by atoms with Gasteiger partial charge in [0.15, 0.2) is 5.13 Å². The van der Waals surface area contributed by atoms with Crippen LogP contribution in [-0.4, -0.2) is 9.97 Å². The maximum Gasteiger partial charge on any atom is 0.188 e. The molecule has 3 rings (SSSR count). The number of thiazole rings is 1. The highest BCUT2D eigenvalue weighted by Crippen LogP contribution is 2.29. The molecule has 3 aromatic heterocycles. The number of nitrogens with zero attached hydrogens (tertiary/aromatic N) is 2. The van der Waals surface area contributed by atoms with E-state index < -0.39 is 0 Å². The van der Waals surface area contributed by atoms with Crippen LogP contribution in [0.4, 0.5) is 10.9 Å². The van der Waals surface area contributed by atoms with Crippen molar-refractivity contribution in [2.75, 3.05) is 5.32 Å². The summed E-state index contributed by atoms with van der Waals surface area (Å²) in [6.45, 7) is 2.05. The molecule has 0 saturated carbocycles. The maximum atomic E-state index is 4.56. The number of rotatable bonds is 3. The molecule has 0 bridgehead atoms. The minimum atomic E-state index is 0. The van der Waals surface area contributed by atoms with Gasteiger partial charge in [-0.15, -0.1) is 39.7 Å². The summed E-state index contributed by atoms with van der Waals surface area (Å²) < 4.78 is 0.